The molecule has 0 saturated heterocycles. The average Bonchev–Trinajstić information content (AvgIpc) is 3.18. The van der Waals surface area contributed by atoms with Gasteiger partial charge in [0.2, 0.25) is 11.1 Å². The van der Waals surface area contributed by atoms with E-state index in [1.54, 1.807) is 19.1 Å². The number of carbonyl (C=O) groups excluding carboxylic acids is 1. The molecule has 0 aliphatic heterocycles. The molecule has 1 unspecified atom stereocenters. The van der Waals surface area contributed by atoms with E-state index in [-0.39, 0.29) is 16.4 Å². The first kappa shape index (κ1) is 21.5. The second-order valence-electron chi connectivity index (χ2n) is 5.94. The number of amides is 1. The van der Waals surface area contributed by atoms with Crippen molar-refractivity contribution in [2.75, 3.05) is 11.9 Å². The number of carbonyl (C=O) groups is 1. The van der Waals surface area contributed by atoms with Gasteiger partial charge in [0.25, 0.3) is 5.69 Å². The molecule has 30 heavy (non-hydrogen) atoms. The largest absolute Gasteiger partial charge is 0.492 e. The summed E-state index contributed by atoms with van der Waals surface area (Å²) in [4.78, 5) is 23.0. The molecule has 0 spiro atoms. The smallest absolute Gasteiger partial charge is 0.271 e. The number of nitro benzene ring substituents is 1. The van der Waals surface area contributed by atoms with Gasteiger partial charge in [-0.15, -0.1) is 5.10 Å². The molecule has 12 heteroatoms. The van der Waals surface area contributed by atoms with Gasteiger partial charge in [-0.3, -0.25) is 14.9 Å². The lowest BCUT2D eigenvalue weighted by Gasteiger charge is -2.14. The highest BCUT2D eigenvalue weighted by Gasteiger charge is 2.22. The molecule has 1 atom stereocenters. The fourth-order valence-corrected chi connectivity index (χ4v) is 3.45. The maximum atomic E-state index is 12.6. The summed E-state index contributed by atoms with van der Waals surface area (Å²) in [7, 11) is 0. The third kappa shape index (κ3) is 4.86. The van der Waals surface area contributed by atoms with E-state index >= 15 is 0 Å². The molecule has 0 fully saturated rings. The van der Waals surface area contributed by atoms with Gasteiger partial charge in [0.15, 0.2) is 0 Å². The molecule has 1 aromatic heterocycles. The molecule has 10 nitrogen and oxygen atoms in total. The quantitative estimate of drug-likeness (QED) is 0.314. The first-order valence-corrected chi connectivity index (χ1v) is 10.1. The van der Waals surface area contributed by atoms with Crippen molar-refractivity contribution in [2.45, 2.75) is 24.3 Å². The lowest BCUT2D eigenvalue weighted by atomic mass is 10.2. The third-order valence-corrected chi connectivity index (χ3v) is 5.27. The van der Waals surface area contributed by atoms with Crippen molar-refractivity contribution in [2.24, 2.45) is 0 Å². The summed E-state index contributed by atoms with van der Waals surface area (Å²) in [6.45, 7) is 4.01. The predicted molar refractivity (Wildman–Crippen MR) is 112 cm³/mol. The molecule has 156 valence electrons. The number of benzene rings is 2. The minimum absolute atomic E-state index is 0.157. The second-order valence-corrected chi connectivity index (χ2v) is 7.66. The van der Waals surface area contributed by atoms with E-state index in [4.69, 9.17) is 16.3 Å². The first-order chi connectivity index (χ1) is 14.4. The number of nitrogens with zero attached hydrogens (tertiary/aromatic N) is 5. The van der Waals surface area contributed by atoms with Crippen LogP contribution in [0.4, 0.5) is 11.4 Å². The molecular formula is C18H17ClN6O4S. The molecule has 1 N–H and O–H groups in total. The van der Waals surface area contributed by atoms with Crippen LogP contribution < -0.4 is 10.1 Å². The Morgan fingerprint density at radius 3 is 2.87 bits per heavy atom. The van der Waals surface area contributed by atoms with Gasteiger partial charge < -0.3 is 10.1 Å². The summed E-state index contributed by atoms with van der Waals surface area (Å²) in [6, 6.07) is 11.1. The van der Waals surface area contributed by atoms with Crippen LogP contribution in [0.1, 0.15) is 13.8 Å². The Kier molecular flexibility index (Phi) is 6.85. The van der Waals surface area contributed by atoms with Crippen LogP contribution in [0.25, 0.3) is 5.69 Å². The van der Waals surface area contributed by atoms with Gasteiger partial charge in [-0.25, -0.2) is 0 Å². The van der Waals surface area contributed by atoms with Crippen molar-refractivity contribution in [3.63, 3.8) is 0 Å². The Bertz CT molecular complexity index is 1080. The van der Waals surface area contributed by atoms with Crippen molar-refractivity contribution in [3.05, 3.63) is 57.6 Å². The number of nitrogens with one attached hydrogen (secondary N) is 1. The Balaban J connectivity index is 1.77. The standard InChI is InChI=1S/C18H17ClN6O4S/c1-3-29-16-7-5-4-6-15(16)24-18(21-22-23-24)30-11(2)17(26)20-14-10-12(25(27)28)8-9-13(14)19/h4-11H,3H2,1-2H3,(H,20,26). The Morgan fingerprint density at radius 2 is 2.13 bits per heavy atom. The van der Waals surface area contributed by atoms with Crippen LogP contribution in [0.5, 0.6) is 5.75 Å². The van der Waals surface area contributed by atoms with Crippen LogP contribution in [0.3, 0.4) is 0 Å². The Hall–Kier alpha value is -3.18. The number of non-ortho nitro benzene ring substituents is 1. The highest BCUT2D eigenvalue weighted by molar-refractivity contribution is 8.00. The number of thioether (sulfide) groups is 1. The van der Waals surface area contributed by atoms with Crippen LogP contribution in [0.15, 0.2) is 47.6 Å². The molecule has 0 aliphatic rings. The highest BCUT2D eigenvalue weighted by Crippen LogP contribution is 2.30. The van der Waals surface area contributed by atoms with Crippen LogP contribution in [-0.4, -0.2) is 42.9 Å². The molecule has 0 bridgehead atoms. The maximum Gasteiger partial charge on any atom is 0.271 e. The highest BCUT2D eigenvalue weighted by atomic mass is 35.5. The molecule has 1 heterocycles. The third-order valence-electron chi connectivity index (χ3n) is 3.90. The van der Waals surface area contributed by atoms with Crippen LogP contribution in [0.2, 0.25) is 5.02 Å². The average molecular weight is 449 g/mol. The van der Waals surface area contributed by atoms with Crippen LogP contribution in [-0.2, 0) is 4.79 Å². The number of ether oxygens (including phenoxy) is 1. The molecular weight excluding hydrogens is 432 g/mol. The van der Waals surface area contributed by atoms with E-state index in [1.807, 2.05) is 19.1 Å². The maximum absolute atomic E-state index is 12.6. The van der Waals surface area contributed by atoms with Gasteiger partial charge in [0, 0.05) is 12.1 Å². The van der Waals surface area contributed by atoms with Gasteiger partial charge in [-0.05, 0) is 42.5 Å². The monoisotopic (exact) mass is 448 g/mol. The number of aromatic nitrogens is 4. The van der Waals surface area contributed by atoms with Crippen LogP contribution in [0, 0.1) is 10.1 Å². The predicted octanol–water partition coefficient (Wildman–Crippen LogP) is 3.74. The fraction of sp³-hybridized carbons (Fsp3) is 0.222. The van der Waals surface area contributed by atoms with Gasteiger partial charge in [-0.2, -0.15) is 4.68 Å². The van der Waals surface area contributed by atoms with E-state index in [9.17, 15) is 14.9 Å². The zero-order chi connectivity index (χ0) is 21.7. The fourth-order valence-electron chi connectivity index (χ4n) is 2.48. The first-order valence-electron chi connectivity index (χ1n) is 8.82. The summed E-state index contributed by atoms with van der Waals surface area (Å²) in [5.74, 6) is 0.199. The second kappa shape index (κ2) is 9.55. The van der Waals surface area contributed by atoms with Gasteiger partial charge in [-0.1, -0.05) is 35.5 Å². The zero-order valence-electron chi connectivity index (χ0n) is 16.0. The number of hydrogen-bond acceptors (Lipinski definition) is 8. The summed E-state index contributed by atoms with van der Waals surface area (Å²) in [6.07, 6.45) is 0. The number of anilines is 1. The van der Waals surface area contributed by atoms with Gasteiger partial charge in [0.1, 0.15) is 11.4 Å². The van der Waals surface area contributed by atoms with E-state index < -0.39 is 16.1 Å². The van der Waals surface area contributed by atoms with Gasteiger partial charge in [0.05, 0.1) is 27.5 Å². The van der Waals surface area contributed by atoms with Gasteiger partial charge >= 0.3 is 0 Å². The molecule has 0 saturated carbocycles. The molecule has 0 aliphatic carbocycles. The lowest BCUT2D eigenvalue weighted by Crippen LogP contribution is -2.23. The van der Waals surface area contributed by atoms with Crippen molar-refractivity contribution in [1.29, 1.82) is 0 Å². The van der Waals surface area contributed by atoms with Crippen molar-refractivity contribution < 1.29 is 14.5 Å². The Morgan fingerprint density at radius 1 is 1.37 bits per heavy atom. The molecule has 3 aromatic rings. The topological polar surface area (TPSA) is 125 Å². The summed E-state index contributed by atoms with van der Waals surface area (Å²) < 4.78 is 7.10. The summed E-state index contributed by atoms with van der Waals surface area (Å²) in [5, 5.41) is 25.2. The van der Waals surface area contributed by atoms with E-state index in [0.29, 0.717) is 23.2 Å². The van der Waals surface area contributed by atoms with Crippen LogP contribution >= 0.6 is 23.4 Å². The molecule has 3 rings (SSSR count). The van der Waals surface area contributed by atoms with Crippen molar-refractivity contribution in [1.82, 2.24) is 20.2 Å². The number of halogens is 1. The minimum Gasteiger partial charge on any atom is -0.492 e. The Labute approximate surface area is 180 Å². The van der Waals surface area contributed by atoms with Crippen molar-refractivity contribution in [3.8, 4) is 11.4 Å². The normalized spacial score (nSPS) is 11.7. The van der Waals surface area contributed by atoms with E-state index in [0.717, 1.165) is 11.8 Å². The summed E-state index contributed by atoms with van der Waals surface area (Å²) in [5.41, 5.74) is 0.622. The number of tetrazole rings is 1. The molecule has 0 radical (unpaired) electrons. The molecule has 2 aromatic carbocycles. The molecule has 1 amide bonds. The number of hydrogen-bond donors (Lipinski definition) is 1. The van der Waals surface area contributed by atoms with E-state index in [2.05, 4.69) is 20.8 Å². The minimum atomic E-state index is -0.621. The van der Waals surface area contributed by atoms with Crippen molar-refractivity contribution >= 4 is 40.6 Å². The zero-order valence-corrected chi connectivity index (χ0v) is 17.6. The SMILES string of the molecule is CCOc1ccccc1-n1nnnc1SC(C)C(=O)Nc1cc([N+](=O)[O-])ccc1Cl. The van der Waals surface area contributed by atoms with E-state index in [1.165, 1.54) is 22.9 Å². The summed E-state index contributed by atoms with van der Waals surface area (Å²) >= 11 is 7.17. The number of rotatable bonds is 8. The number of nitro groups is 1. The lowest BCUT2D eigenvalue weighted by molar-refractivity contribution is -0.384. The number of para-hydroxylation sites is 2.